The largest absolute Gasteiger partial charge is 0.475 e. The summed E-state index contributed by atoms with van der Waals surface area (Å²) in [4.78, 5) is 24.8. The first-order valence-corrected chi connectivity index (χ1v) is 6.55. The Morgan fingerprint density at radius 1 is 1.45 bits per heavy atom. The molecule has 0 aromatic carbocycles. The van der Waals surface area contributed by atoms with E-state index in [4.69, 9.17) is 9.84 Å². The van der Waals surface area contributed by atoms with Crippen molar-refractivity contribution in [3.63, 3.8) is 0 Å². The number of aromatic carboxylic acids is 1. The summed E-state index contributed by atoms with van der Waals surface area (Å²) in [6, 6.07) is 1.20. The second kappa shape index (κ2) is 7.64. The Morgan fingerprint density at radius 3 is 2.55 bits per heavy atom. The summed E-state index contributed by atoms with van der Waals surface area (Å²) in [7, 11) is 1.56. The normalized spacial score (nSPS) is 10.8. The van der Waals surface area contributed by atoms with E-state index in [-0.39, 0.29) is 23.4 Å². The summed E-state index contributed by atoms with van der Waals surface area (Å²) < 4.78 is 9.63. The molecule has 1 rings (SSSR count). The SMILES string of the molecule is CCC(CC)N(CCOC)C(=O)c1cc(C(=O)O)on1. The number of methoxy groups -OCH3 is 1. The number of carbonyl (C=O) groups is 2. The maximum absolute atomic E-state index is 12.4. The number of amides is 1. The second-order valence-corrected chi connectivity index (χ2v) is 4.34. The molecule has 20 heavy (non-hydrogen) atoms. The highest BCUT2D eigenvalue weighted by atomic mass is 16.5. The van der Waals surface area contributed by atoms with Crippen molar-refractivity contribution in [2.75, 3.05) is 20.3 Å². The zero-order chi connectivity index (χ0) is 15.1. The van der Waals surface area contributed by atoms with Crippen molar-refractivity contribution >= 4 is 11.9 Å². The molecule has 0 atom stereocenters. The van der Waals surface area contributed by atoms with E-state index in [1.165, 1.54) is 0 Å². The Bertz CT molecular complexity index is 453. The van der Waals surface area contributed by atoms with E-state index in [1.807, 2.05) is 13.8 Å². The lowest BCUT2D eigenvalue weighted by molar-refractivity contribution is 0.0575. The minimum absolute atomic E-state index is 0.00500. The van der Waals surface area contributed by atoms with Crippen LogP contribution in [0.5, 0.6) is 0 Å². The first kappa shape index (κ1) is 16.2. The third-order valence-corrected chi connectivity index (χ3v) is 3.12. The fourth-order valence-corrected chi connectivity index (χ4v) is 1.99. The van der Waals surface area contributed by atoms with Crippen LogP contribution in [0.4, 0.5) is 0 Å². The molecule has 0 unspecified atom stereocenters. The summed E-state index contributed by atoms with van der Waals surface area (Å²) in [5.74, 6) is -1.93. The van der Waals surface area contributed by atoms with Gasteiger partial charge in [0.2, 0.25) is 5.76 Å². The van der Waals surface area contributed by atoms with Crippen LogP contribution in [0.15, 0.2) is 10.6 Å². The van der Waals surface area contributed by atoms with Crippen LogP contribution >= 0.6 is 0 Å². The number of carboxylic acid groups (broad SMARTS) is 1. The quantitative estimate of drug-likeness (QED) is 0.780. The van der Waals surface area contributed by atoms with Gasteiger partial charge in [-0.3, -0.25) is 4.79 Å². The summed E-state index contributed by atoms with van der Waals surface area (Å²) in [5, 5.41) is 12.3. The predicted molar refractivity (Wildman–Crippen MR) is 70.7 cm³/mol. The molecule has 0 bridgehead atoms. The monoisotopic (exact) mass is 284 g/mol. The molecule has 1 aromatic heterocycles. The molecule has 0 saturated carbocycles. The molecule has 1 N–H and O–H groups in total. The van der Waals surface area contributed by atoms with Crippen molar-refractivity contribution in [3.8, 4) is 0 Å². The van der Waals surface area contributed by atoms with Crippen molar-refractivity contribution in [1.29, 1.82) is 0 Å². The van der Waals surface area contributed by atoms with E-state index >= 15 is 0 Å². The number of carbonyl (C=O) groups excluding carboxylic acids is 1. The van der Waals surface area contributed by atoms with Crippen LogP contribution in [0.25, 0.3) is 0 Å². The molecule has 1 aromatic rings. The zero-order valence-corrected chi connectivity index (χ0v) is 12.0. The summed E-state index contributed by atoms with van der Waals surface area (Å²) in [6.07, 6.45) is 1.60. The fourth-order valence-electron chi connectivity index (χ4n) is 1.99. The molecule has 0 saturated heterocycles. The van der Waals surface area contributed by atoms with Gasteiger partial charge in [0.05, 0.1) is 6.61 Å². The first-order valence-electron chi connectivity index (χ1n) is 6.55. The molecule has 0 aliphatic rings. The molecular formula is C13H20N2O5. The highest BCUT2D eigenvalue weighted by Crippen LogP contribution is 2.14. The van der Waals surface area contributed by atoms with Gasteiger partial charge in [0, 0.05) is 25.8 Å². The molecule has 0 spiro atoms. The van der Waals surface area contributed by atoms with E-state index in [9.17, 15) is 9.59 Å². The lowest BCUT2D eigenvalue weighted by Crippen LogP contribution is -2.42. The minimum Gasteiger partial charge on any atom is -0.475 e. The zero-order valence-electron chi connectivity index (χ0n) is 12.0. The predicted octanol–water partition coefficient (Wildman–Crippen LogP) is 1.65. The number of nitrogens with zero attached hydrogens (tertiary/aromatic N) is 2. The van der Waals surface area contributed by atoms with Crippen LogP contribution < -0.4 is 0 Å². The van der Waals surface area contributed by atoms with Gasteiger partial charge in [-0.1, -0.05) is 19.0 Å². The topological polar surface area (TPSA) is 92.9 Å². The Balaban J connectivity index is 2.92. The Hall–Kier alpha value is -1.89. The number of carboxylic acids is 1. The van der Waals surface area contributed by atoms with Crippen LogP contribution in [0, 0.1) is 0 Å². The van der Waals surface area contributed by atoms with Crippen molar-refractivity contribution < 1.29 is 24.0 Å². The third kappa shape index (κ3) is 3.80. The van der Waals surface area contributed by atoms with Crippen molar-refractivity contribution in [2.45, 2.75) is 32.7 Å². The van der Waals surface area contributed by atoms with Gasteiger partial charge >= 0.3 is 5.97 Å². The van der Waals surface area contributed by atoms with Crippen LogP contribution in [0.2, 0.25) is 0 Å². The summed E-state index contributed by atoms with van der Waals surface area (Å²) in [5.41, 5.74) is 0.00500. The van der Waals surface area contributed by atoms with Gasteiger partial charge in [0.1, 0.15) is 0 Å². The number of rotatable bonds is 8. The maximum Gasteiger partial charge on any atom is 0.374 e. The number of hydrogen-bond acceptors (Lipinski definition) is 5. The molecule has 1 heterocycles. The standard InChI is InChI=1S/C13H20N2O5/c1-4-9(5-2)15(6-7-19-3)12(16)10-8-11(13(17)18)20-14-10/h8-9H,4-7H2,1-3H3,(H,17,18). The van der Waals surface area contributed by atoms with Gasteiger partial charge in [0.15, 0.2) is 5.69 Å². The van der Waals surface area contributed by atoms with E-state index in [2.05, 4.69) is 9.68 Å². The van der Waals surface area contributed by atoms with E-state index in [0.29, 0.717) is 13.2 Å². The Morgan fingerprint density at radius 2 is 2.10 bits per heavy atom. The maximum atomic E-state index is 12.4. The lowest BCUT2D eigenvalue weighted by Gasteiger charge is -2.29. The van der Waals surface area contributed by atoms with Crippen LogP contribution in [-0.4, -0.2) is 53.3 Å². The number of ether oxygens (including phenoxy) is 1. The first-order chi connectivity index (χ1) is 9.54. The smallest absolute Gasteiger partial charge is 0.374 e. The average Bonchev–Trinajstić information content (AvgIpc) is 2.92. The van der Waals surface area contributed by atoms with E-state index in [1.54, 1.807) is 12.0 Å². The van der Waals surface area contributed by atoms with Gasteiger partial charge in [-0.25, -0.2) is 4.79 Å². The second-order valence-electron chi connectivity index (χ2n) is 4.34. The summed E-state index contributed by atoms with van der Waals surface area (Å²) in [6.45, 7) is 4.82. The van der Waals surface area contributed by atoms with Crippen LogP contribution in [0.3, 0.4) is 0 Å². The highest BCUT2D eigenvalue weighted by Gasteiger charge is 2.26. The number of aromatic nitrogens is 1. The molecule has 1 amide bonds. The van der Waals surface area contributed by atoms with Crippen molar-refractivity contribution in [2.24, 2.45) is 0 Å². The minimum atomic E-state index is -1.25. The summed E-state index contributed by atoms with van der Waals surface area (Å²) >= 11 is 0. The van der Waals surface area contributed by atoms with Gasteiger partial charge in [-0.2, -0.15) is 0 Å². The Labute approximate surface area is 117 Å². The molecule has 7 nitrogen and oxygen atoms in total. The van der Waals surface area contributed by atoms with Crippen LogP contribution in [0.1, 0.15) is 47.7 Å². The third-order valence-electron chi connectivity index (χ3n) is 3.12. The van der Waals surface area contributed by atoms with Crippen molar-refractivity contribution in [3.05, 3.63) is 17.5 Å². The fraction of sp³-hybridized carbons (Fsp3) is 0.615. The molecule has 0 fully saturated rings. The Kier molecular flexibility index (Phi) is 6.17. The lowest BCUT2D eigenvalue weighted by atomic mass is 10.1. The number of hydrogen-bond donors (Lipinski definition) is 1. The van der Waals surface area contributed by atoms with Crippen LogP contribution in [-0.2, 0) is 4.74 Å². The molecule has 0 aliphatic carbocycles. The van der Waals surface area contributed by atoms with E-state index < -0.39 is 5.97 Å². The van der Waals surface area contributed by atoms with Gasteiger partial charge in [-0.05, 0) is 12.8 Å². The molecule has 0 radical (unpaired) electrons. The van der Waals surface area contributed by atoms with Gasteiger partial charge in [0.25, 0.3) is 5.91 Å². The van der Waals surface area contributed by atoms with E-state index in [0.717, 1.165) is 18.9 Å². The average molecular weight is 284 g/mol. The molecule has 0 aliphatic heterocycles. The van der Waals surface area contributed by atoms with Gasteiger partial charge < -0.3 is 19.3 Å². The van der Waals surface area contributed by atoms with Crippen molar-refractivity contribution in [1.82, 2.24) is 10.1 Å². The highest BCUT2D eigenvalue weighted by molar-refractivity contribution is 5.95. The molecule has 7 heteroatoms. The molecular weight excluding hydrogens is 264 g/mol. The van der Waals surface area contributed by atoms with Gasteiger partial charge in [-0.15, -0.1) is 0 Å². The molecule has 112 valence electrons.